The van der Waals surface area contributed by atoms with Crippen molar-refractivity contribution in [3.8, 4) is 0 Å². The largest absolute Gasteiger partial charge is 0.481 e. The SMILES string of the molecule is CC(=O)O.C[N+](C)(C)C.N. The second-order valence-corrected chi connectivity index (χ2v) is 3.20. The molecule has 0 aromatic heterocycles. The molecule has 4 nitrogen and oxygen atoms in total. The van der Waals surface area contributed by atoms with E-state index in [0.717, 1.165) is 11.4 Å². The van der Waals surface area contributed by atoms with Gasteiger partial charge < -0.3 is 15.7 Å². The summed E-state index contributed by atoms with van der Waals surface area (Å²) in [7, 11) is 8.50. The van der Waals surface area contributed by atoms with Gasteiger partial charge in [0.25, 0.3) is 5.97 Å². The molecule has 0 heterocycles. The summed E-state index contributed by atoms with van der Waals surface area (Å²) in [6.07, 6.45) is 0. The number of carbonyl (C=O) groups is 1. The van der Waals surface area contributed by atoms with Crippen LogP contribution in [-0.4, -0.2) is 43.7 Å². The Kier molecular flexibility index (Phi) is 10.5. The third kappa shape index (κ3) is 811. The van der Waals surface area contributed by atoms with E-state index in [2.05, 4.69) is 28.2 Å². The third-order valence-corrected chi connectivity index (χ3v) is 0. The minimum absolute atomic E-state index is 0. The number of carboxylic acid groups (broad SMARTS) is 1. The molecular weight excluding hydrogens is 132 g/mol. The maximum Gasteiger partial charge on any atom is 0.300 e. The lowest BCUT2D eigenvalue weighted by Crippen LogP contribution is -2.27. The summed E-state index contributed by atoms with van der Waals surface area (Å²) in [6.45, 7) is 1.08. The van der Waals surface area contributed by atoms with Crippen molar-refractivity contribution in [3.63, 3.8) is 0 Å². The standard InChI is InChI=1S/C4H12N.C2H4O2.H3N/c1-5(2,3)4;1-2(3)4;/h1-4H3;1H3,(H,3,4);1H3/q+1;;. The van der Waals surface area contributed by atoms with E-state index in [9.17, 15) is 0 Å². The molecule has 0 radical (unpaired) electrons. The second kappa shape index (κ2) is 6.51. The zero-order chi connectivity index (χ0) is 8.08. The molecule has 0 aromatic rings. The predicted octanol–water partition coefficient (Wildman–Crippen LogP) is 0.575. The molecule has 0 spiro atoms. The molecule has 0 rings (SSSR count). The van der Waals surface area contributed by atoms with E-state index in [1.807, 2.05) is 0 Å². The summed E-state index contributed by atoms with van der Waals surface area (Å²) < 4.78 is 1.00. The fourth-order valence-corrected chi connectivity index (χ4v) is 0. The van der Waals surface area contributed by atoms with Gasteiger partial charge in [0, 0.05) is 6.92 Å². The summed E-state index contributed by atoms with van der Waals surface area (Å²) in [4.78, 5) is 9.00. The van der Waals surface area contributed by atoms with E-state index in [1.54, 1.807) is 0 Å². The third-order valence-electron chi connectivity index (χ3n) is 0. The van der Waals surface area contributed by atoms with Crippen LogP contribution in [0.4, 0.5) is 0 Å². The first-order valence-electron chi connectivity index (χ1n) is 2.72. The zero-order valence-electron chi connectivity index (χ0n) is 7.51. The summed E-state index contributed by atoms with van der Waals surface area (Å²) in [6, 6.07) is 0. The van der Waals surface area contributed by atoms with Crippen molar-refractivity contribution in [2.45, 2.75) is 6.92 Å². The molecule has 0 amide bonds. The molecule has 0 atom stereocenters. The topological polar surface area (TPSA) is 72.3 Å². The van der Waals surface area contributed by atoms with Gasteiger partial charge in [-0.25, -0.2) is 0 Å². The van der Waals surface area contributed by atoms with Crippen LogP contribution in [0.25, 0.3) is 0 Å². The molecule has 0 aliphatic rings. The molecule has 0 aliphatic heterocycles. The number of quaternary nitrogens is 1. The molecule has 0 saturated heterocycles. The summed E-state index contributed by atoms with van der Waals surface area (Å²) in [5, 5.41) is 7.42. The minimum atomic E-state index is -0.833. The van der Waals surface area contributed by atoms with Gasteiger partial charge in [-0.05, 0) is 0 Å². The highest BCUT2D eigenvalue weighted by molar-refractivity contribution is 5.62. The van der Waals surface area contributed by atoms with Crippen molar-refractivity contribution in [1.82, 2.24) is 6.15 Å². The van der Waals surface area contributed by atoms with Gasteiger partial charge in [-0.1, -0.05) is 0 Å². The minimum Gasteiger partial charge on any atom is -0.481 e. The Labute approximate surface area is 62.6 Å². The first-order chi connectivity index (χ1) is 3.73. The van der Waals surface area contributed by atoms with E-state index in [4.69, 9.17) is 9.90 Å². The quantitative estimate of drug-likeness (QED) is 0.497. The van der Waals surface area contributed by atoms with Crippen LogP contribution in [0.15, 0.2) is 0 Å². The molecule has 4 N–H and O–H groups in total. The van der Waals surface area contributed by atoms with Crippen molar-refractivity contribution in [1.29, 1.82) is 0 Å². The number of hydrogen-bond donors (Lipinski definition) is 2. The molecule has 0 aromatic carbocycles. The average molecular weight is 151 g/mol. The monoisotopic (exact) mass is 151 g/mol. The smallest absolute Gasteiger partial charge is 0.300 e. The lowest BCUT2D eigenvalue weighted by molar-refractivity contribution is -0.849. The Balaban J connectivity index is -0.0000000910. The zero-order valence-corrected chi connectivity index (χ0v) is 7.51. The molecule has 4 heteroatoms. The predicted molar refractivity (Wildman–Crippen MR) is 42.3 cm³/mol. The molecule has 0 unspecified atom stereocenters. The van der Waals surface area contributed by atoms with Gasteiger partial charge in [-0.2, -0.15) is 0 Å². The fourth-order valence-electron chi connectivity index (χ4n) is 0. The first-order valence-corrected chi connectivity index (χ1v) is 2.72. The lowest BCUT2D eigenvalue weighted by atomic mass is 10.8. The van der Waals surface area contributed by atoms with Crippen molar-refractivity contribution < 1.29 is 14.4 Å². The van der Waals surface area contributed by atoms with Gasteiger partial charge in [0.2, 0.25) is 0 Å². The average Bonchev–Trinajstić information content (AvgIpc) is 1.19. The number of nitrogens with zero attached hydrogens (tertiary/aromatic N) is 1. The van der Waals surface area contributed by atoms with Crippen LogP contribution < -0.4 is 6.15 Å². The van der Waals surface area contributed by atoms with E-state index in [-0.39, 0.29) is 6.15 Å². The molecule has 0 bridgehead atoms. The van der Waals surface area contributed by atoms with Crippen LogP contribution in [0.5, 0.6) is 0 Å². The summed E-state index contributed by atoms with van der Waals surface area (Å²) >= 11 is 0. The van der Waals surface area contributed by atoms with Crippen molar-refractivity contribution in [3.05, 3.63) is 0 Å². The molecule has 0 aliphatic carbocycles. The number of rotatable bonds is 0. The fraction of sp³-hybridized carbons (Fsp3) is 0.833. The molecule has 10 heavy (non-hydrogen) atoms. The maximum absolute atomic E-state index is 9.00. The van der Waals surface area contributed by atoms with Crippen LogP contribution in [0.2, 0.25) is 0 Å². The maximum atomic E-state index is 9.00. The van der Waals surface area contributed by atoms with Crippen molar-refractivity contribution >= 4 is 5.97 Å². The number of aliphatic carboxylic acids is 1. The van der Waals surface area contributed by atoms with Crippen LogP contribution >= 0.6 is 0 Å². The Morgan fingerprint density at radius 1 is 1.20 bits per heavy atom. The van der Waals surface area contributed by atoms with E-state index >= 15 is 0 Å². The van der Waals surface area contributed by atoms with E-state index < -0.39 is 5.97 Å². The summed E-state index contributed by atoms with van der Waals surface area (Å²) in [5.74, 6) is -0.833. The molecule has 64 valence electrons. The van der Waals surface area contributed by atoms with Crippen LogP contribution in [-0.2, 0) is 4.79 Å². The van der Waals surface area contributed by atoms with E-state index in [0.29, 0.717) is 0 Å². The van der Waals surface area contributed by atoms with Crippen LogP contribution in [0, 0.1) is 0 Å². The second-order valence-electron chi connectivity index (χ2n) is 3.20. The van der Waals surface area contributed by atoms with Crippen molar-refractivity contribution in [2.24, 2.45) is 0 Å². The first kappa shape index (κ1) is 16.2. The normalized spacial score (nSPS) is 8.50. The Hall–Kier alpha value is -0.610. The summed E-state index contributed by atoms with van der Waals surface area (Å²) in [5.41, 5.74) is 0. The highest BCUT2D eigenvalue weighted by Crippen LogP contribution is 1.73. The van der Waals surface area contributed by atoms with E-state index in [1.165, 1.54) is 0 Å². The van der Waals surface area contributed by atoms with Gasteiger partial charge in [-0.15, -0.1) is 0 Å². The molecular formula is C6H19N2O2+. The molecule has 0 fully saturated rings. The highest BCUT2D eigenvalue weighted by atomic mass is 16.4. The number of carboxylic acids is 1. The van der Waals surface area contributed by atoms with Crippen LogP contribution in [0.1, 0.15) is 6.92 Å². The Morgan fingerprint density at radius 2 is 1.20 bits per heavy atom. The number of hydrogen-bond acceptors (Lipinski definition) is 2. The van der Waals surface area contributed by atoms with Crippen LogP contribution in [0.3, 0.4) is 0 Å². The Bertz CT molecular complexity index is 76.2. The van der Waals surface area contributed by atoms with Gasteiger partial charge in [0.05, 0.1) is 28.2 Å². The lowest BCUT2D eigenvalue weighted by Gasteiger charge is -2.14. The molecule has 0 saturated carbocycles. The van der Waals surface area contributed by atoms with Gasteiger partial charge in [0.1, 0.15) is 0 Å². The van der Waals surface area contributed by atoms with Crippen molar-refractivity contribution in [2.75, 3.05) is 28.2 Å². The van der Waals surface area contributed by atoms with Gasteiger partial charge in [-0.3, -0.25) is 4.79 Å². The van der Waals surface area contributed by atoms with Gasteiger partial charge >= 0.3 is 0 Å². The highest BCUT2D eigenvalue weighted by Gasteiger charge is 1.88. The Morgan fingerprint density at radius 3 is 1.20 bits per heavy atom. The van der Waals surface area contributed by atoms with Gasteiger partial charge in [0.15, 0.2) is 0 Å².